The lowest BCUT2D eigenvalue weighted by Gasteiger charge is -2.16. The summed E-state index contributed by atoms with van der Waals surface area (Å²) in [5.41, 5.74) is 0.823. The topological polar surface area (TPSA) is 34.1 Å². The minimum absolute atomic E-state index is 0.358. The molecule has 0 saturated heterocycles. The maximum atomic E-state index is 13.0. The van der Waals surface area contributed by atoms with E-state index < -0.39 is 19.1 Å². The lowest BCUT2D eigenvalue weighted by atomic mass is 10.3. The summed E-state index contributed by atoms with van der Waals surface area (Å²) in [4.78, 5) is 3.94. The Morgan fingerprint density at radius 1 is 1.47 bits per heavy atom. The average Bonchev–Trinajstić information content (AvgIpc) is 2.17. The first-order chi connectivity index (χ1) is 7.03. The summed E-state index contributed by atoms with van der Waals surface area (Å²) in [6.07, 6.45) is 1.44. The van der Waals surface area contributed by atoms with E-state index in [0.29, 0.717) is 5.75 Å². The van der Waals surface area contributed by atoms with E-state index >= 15 is 0 Å². The zero-order chi connectivity index (χ0) is 11.3. The van der Waals surface area contributed by atoms with Gasteiger partial charge in [0.15, 0.2) is 6.61 Å². The van der Waals surface area contributed by atoms with E-state index in [1.54, 1.807) is 12.1 Å². The molecule has 0 aliphatic carbocycles. The first-order valence-electron chi connectivity index (χ1n) is 4.61. The highest BCUT2D eigenvalue weighted by Gasteiger charge is 2.28. The Hall–Kier alpha value is -1.23. The second-order valence-electron chi connectivity index (χ2n) is 3.31. The minimum Gasteiger partial charge on any atom is -0.486 e. The van der Waals surface area contributed by atoms with Gasteiger partial charge in [0.2, 0.25) is 0 Å². The first kappa shape index (κ1) is 11.8. The predicted octanol–water partition coefficient (Wildman–Crippen LogP) is 1.62. The number of hydrogen-bond acceptors (Lipinski definition) is 3. The fraction of sp³-hybridized carbons (Fsp3) is 0.500. The molecule has 0 aromatic carbocycles. The van der Waals surface area contributed by atoms with Crippen LogP contribution in [0.3, 0.4) is 0 Å². The molecule has 0 unspecified atom stereocenters. The minimum atomic E-state index is -2.86. The number of aryl methyl sites for hydroxylation is 1. The van der Waals surface area contributed by atoms with Crippen LogP contribution in [0.2, 0.25) is 0 Å². The van der Waals surface area contributed by atoms with E-state index in [2.05, 4.69) is 10.3 Å². The van der Waals surface area contributed by atoms with E-state index in [4.69, 9.17) is 4.74 Å². The van der Waals surface area contributed by atoms with E-state index in [1.807, 2.05) is 6.92 Å². The van der Waals surface area contributed by atoms with E-state index in [9.17, 15) is 8.78 Å². The maximum absolute atomic E-state index is 13.0. The molecule has 0 radical (unpaired) electrons. The number of halogens is 2. The van der Waals surface area contributed by atoms with Crippen LogP contribution >= 0.6 is 0 Å². The third-order valence-electron chi connectivity index (χ3n) is 1.77. The van der Waals surface area contributed by atoms with Crippen LogP contribution in [0.5, 0.6) is 5.75 Å². The lowest BCUT2D eigenvalue weighted by molar-refractivity contribution is -0.0375. The maximum Gasteiger partial charge on any atom is 0.293 e. The largest absolute Gasteiger partial charge is 0.486 e. The van der Waals surface area contributed by atoms with Crippen LogP contribution in [0.15, 0.2) is 18.3 Å². The Balaban J connectivity index is 2.46. The number of hydrogen-bond donors (Lipinski definition) is 1. The van der Waals surface area contributed by atoms with Crippen LogP contribution in [0.25, 0.3) is 0 Å². The number of nitrogens with zero attached hydrogens (tertiary/aromatic N) is 1. The Morgan fingerprint density at radius 2 is 2.20 bits per heavy atom. The number of rotatable bonds is 5. The monoisotopic (exact) mass is 216 g/mol. The molecule has 1 aromatic heterocycles. The third-order valence-corrected chi connectivity index (χ3v) is 1.77. The van der Waals surface area contributed by atoms with Crippen molar-refractivity contribution in [3.05, 3.63) is 24.0 Å². The lowest BCUT2D eigenvalue weighted by Crippen LogP contribution is -2.36. The van der Waals surface area contributed by atoms with Gasteiger partial charge in [0, 0.05) is 5.69 Å². The molecule has 1 heterocycles. The van der Waals surface area contributed by atoms with Crippen LogP contribution < -0.4 is 10.1 Å². The molecule has 0 aliphatic rings. The smallest absolute Gasteiger partial charge is 0.293 e. The summed E-state index contributed by atoms with van der Waals surface area (Å²) in [5, 5.41) is 2.41. The molecule has 0 saturated carbocycles. The van der Waals surface area contributed by atoms with Gasteiger partial charge in [-0.25, -0.2) is 8.78 Å². The third kappa shape index (κ3) is 4.20. The van der Waals surface area contributed by atoms with Gasteiger partial charge in [0.25, 0.3) is 5.92 Å². The van der Waals surface area contributed by atoms with E-state index in [-0.39, 0.29) is 0 Å². The highest BCUT2D eigenvalue weighted by molar-refractivity contribution is 5.19. The Kier molecular flexibility index (Phi) is 3.96. The van der Waals surface area contributed by atoms with Gasteiger partial charge in [-0.05, 0) is 26.1 Å². The molecule has 3 nitrogen and oxygen atoms in total. The summed E-state index contributed by atoms with van der Waals surface area (Å²) in [5.74, 6) is -2.50. The van der Waals surface area contributed by atoms with Crippen molar-refractivity contribution in [1.29, 1.82) is 0 Å². The number of ether oxygens (including phenoxy) is 1. The number of nitrogens with one attached hydrogen (secondary N) is 1. The molecule has 0 spiro atoms. The Labute approximate surface area is 87.5 Å². The molecular formula is C10H14F2N2O. The first-order valence-corrected chi connectivity index (χ1v) is 4.61. The SMILES string of the molecule is CNCC(F)(F)COc1ccc(C)nc1. The second kappa shape index (κ2) is 5.02. The summed E-state index contributed by atoms with van der Waals surface area (Å²) in [6.45, 7) is 0.782. The van der Waals surface area contributed by atoms with Gasteiger partial charge in [-0.15, -0.1) is 0 Å². The summed E-state index contributed by atoms with van der Waals surface area (Å²) in [7, 11) is 1.47. The summed E-state index contributed by atoms with van der Waals surface area (Å²) < 4.78 is 30.9. The van der Waals surface area contributed by atoms with E-state index in [1.165, 1.54) is 13.2 Å². The Bertz CT molecular complexity index is 301. The zero-order valence-electron chi connectivity index (χ0n) is 8.76. The van der Waals surface area contributed by atoms with Crippen molar-refractivity contribution >= 4 is 0 Å². The molecule has 15 heavy (non-hydrogen) atoms. The Morgan fingerprint density at radius 3 is 2.73 bits per heavy atom. The molecule has 0 amide bonds. The van der Waals surface area contributed by atoms with Crippen molar-refractivity contribution in [1.82, 2.24) is 10.3 Å². The molecule has 0 atom stereocenters. The van der Waals surface area contributed by atoms with Crippen LogP contribution in [-0.2, 0) is 0 Å². The van der Waals surface area contributed by atoms with Gasteiger partial charge in [-0.1, -0.05) is 0 Å². The van der Waals surface area contributed by atoms with Crippen molar-refractivity contribution in [2.75, 3.05) is 20.2 Å². The molecule has 0 aliphatic heterocycles. The van der Waals surface area contributed by atoms with Crippen LogP contribution in [0.1, 0.15) is 5.69 Å². The fourth-order valence-electron chi connectivity index (χ4n) is 1.04. The normalized spacial score (nSPS) is 11.5. The van der Waals surface area contributed by atoms with Gasteiger partial charge >= 0.3 is 0 Å². The predicted molar refractivity (Wildman–Crippen MR) is 53.3 cm³/mol. The second-order valence-corrected chi connectivity index (χ2v) is 3.31. The number of pyridine rings is 1. The fourth-order valence-corrected chi connectivity index (χ4v) is 1.04. The molecular weight excluding hydrogens is 202 g/mol. The highest BCUT2D eigenvalue weighted by Crippen LogP contribution is 2.15. The van der Waals surface area contributed by atoms with Crippen molar-refractivity contribution in [3.8, 4) is 5.75 Å². The molecule has 1 aromatic rings. The van der Waals surface area contributed by atoms with Gasteiger partial charge in [0.1, 0.15) is 5.75 Å². The van der Waals surface area contributed by atoms with Gasteiger partial charge < -0.3 is 10.1 Å². The quantitative estimate of drug-likeness (QED) is 0.812. The number of aromatic nitrogens is 1. The van der Waals surface area contributed by atoms with Crippen molar-refractivity contribution in [3.63, 3.8) is 0 Å². The van der Waals surface area contributed by atoms with Crippen molar-refractivity contribution in [2.45, 2.75) is 12.8 Å². The van der Waals surface area contributed by atoms with Crippen molar-refractivity contribution < 1.29 is 13.5 Å². The summed E-state index contributed by atoms with van der Waals surface area (Å²) in [6, 6.07) is 3.34. The molecule has 5 heteroatoms. The highest BCUT2D eigenvalue weighted by atomic mass is 19.3. The summed E-state index contributed by atoms with van der Waals surface area (Å²) >= 11 is 0. The molecule has 0 bridgehead atoms. The van der Waals surface area contributed by atoms with Gasteiger partial charge in [-0.2, -0.15) is 0 Å². The zero-order valence-corrected chi connectivity index (χ0v) is 8.76. The molecule has 84 valence electrons. The standard InChI is InChI=1S/C10H14F2N2O/c1-8-3-4-9(5-14-8)15-7-10(11,12)6-13-2/h3-5,13H,6-7H2,1-2H3. The average molecular weight is 216 g/mol. The van der Waals surface area contributed by atoms with Crippen LogP contribution in [0, 0.1) is 6.92 Å². The molecule has 1 rings (SSSR count). The van der Waals surface area contributed by atoms with Gasteiger partial charge in [-0.3, -0.25) is 4.98 Å². The van der Waals surface area contributed by atoms with Crippen LogP contribution in [-0.4, -0.2) is 31.1 Å². The van der Waals surface area contributed by atoms with Crippen molar-refractivity contribution in [2.24, 2.45) is 0 Å². The molecule has 1 N–H and O–H groups in total. The van der Waals surface area contributed by atoms with E-state index in [0.717, 1.165) is 5.69 Å². The molecule has 0 fully saturated rings. The van der Waals surface area contributed by atoms with Crippen LogP contribution in [0.4, 0.5) is 8.78 Å². The number of alkyl halides is 2. The van der Waals surface area contributed by atoms with Gasteiger partial charge in [0.05, 0.1) is 12.7 Å².